The number of nitro groups is 1. The van der Waals surface area contributed by atoms with Gasteiger partial charge in [0.25, 0.3) is 5.69 Å². The summed E-state index contributed by atoms with van der Waals surface area (Å²) < 4.78 is 0. The molecule has 0 aliphatic heterocycles. The molecule has 2 N–H and O–H groups in total. The largest absolute Gasteiger partial charge is 0.326 e. The molecule has 0 spiro atoms. The van der Waals surface area contributed by atoms with Crippen molar-refractivity contribution in [3.05, 3.63) is 57.6 Å². The van der Waals surface area contributed by atoms with Crippen molar-refractivity contribution < 1.29 is 14.5 Å². The number of benzene rings is 2. The zero-order chi connectivity index (χ0) is 18.4. The quantitative estimate of drug-likeness (QED) is 0.449. The number of thioether (sulfide) groups is 1. The van der Waals surface area contributed by atoms with E-state index >= 15 is 0 Å². The Balaban J connectivity index is 1.95. The van der Waals surface area contributed by atoms with Crippen LogP contribution >= 0.6 is 23.4 Å². The maximum absolute atomic E-state index is 12.0. The van der Waals surface area contributed by atoms with Gasteiger partial charge in [0.15, 0.2) is 0 Å². The topological polar surface area (TPSA) is 101 Å². The van der Waals surface area contributed by atoms with Gasteiger partial charge in [-0.1, -0.05) is 11.6 Å². The van der Waals surface area contributed by atoms with Gasteiger partial charge in [0, 0.05) is 28.6 Å². The van der Waals surface area contributed by atoms with Crippen LogP contribution in [0.15, 0.2) is 47.4 Å². The lowest BCUT2D eigenvalue weighted by Gasteiger charge is -2.07. The van der Waals surface area contributed by atoms with Crippen LogP contribution in [0.1, 0.15) is 6.92 Å². The van der Waals surface area contributed by atoms with Gasteiger partial charge < -0.3 is 10.6 Å². The zero-order valence-electron chi connectivity index (χ0n) is 13.1. The van der Waals surface area contributed by atoms with E-state index in [1.165, 1.54) is 36.9 Å². The lowest BCUT2D eigenvalue weighted by molar-refractivity contribution is -0.383. The minimum Gasteiger partial charge on any atom is -0.326 e. The summed E-state index contributed by atoms with van der Waals surface area (Å²) in [6, 6.07) is 11.0. The van der Waals surface area contributed by atoms with Crippen molar-refractivity contribution in [2.45, 2.75) is 11.8 Å². The SMILES string of the molecule is CC(=O)Nc1ccc(SCC(=O)Nc2ccc(Cl)cc2[N+](=O)[O-])cc1. The van der Waals surface area contributed by atoms with E-state index in [0.29, 0.717) is 5.69 Å². The van der Waals surface area contributed by atoms with Crippen LogP contribution in [0, 0.1) is 10.1 Å². The molecule has 0 saturated heterocycles. The van der Waals surface area contributed by atoms with Gasteiger partial charge in [0.05, 0.1) is 10.7 Å². The van der Waals surface area contributed by atoms with Crippen LogP contribution in [0.5, 0.6) is 0 Å². The van der Waals surface area contributed by atoms with Gasteiger partial charge in [-0.25, -0.2) is 0 Å². The average Bonchev–Trinajstić information content (AvgIpc) is 2.55. The van der Waals surface area contributed by atoms with E-state index < -0.39 is 4.92 Å². The molecule has 0 aliphatic carbocycles. The van der Waals surface area contributed by atoms with Gasteiger partial charge in [-0.3, -0.25) is 19.7 Å². The molecule has 2 aromatic rings. The minimum absolute atomic E-state index is 0.0826. The maximum atomic E-state index is 12.0. The lowest BCUT2D eigenvalue weighted by atomic mass is 10.2. The van der Waals surface area contributed by atoms with Gasteiger partial charge in [0.1, 0.15) is 5.69 Å². The molecule has 25 heavy (non-hydrogen) atoms. The first-order chi connectivity index (χ1) is 11.8. The third kappa shape index (κ3) is 5.77. The number of amides is 2. The van der Waals surface area contributed by atoms with Gasteiger partial charge in [-0.2, -0.15) is 0 Å². The molecule has 0 heterocycles. The Morgan fingerprint density at radius 1 is 1.16 bits per heavy atom. The number of nitrogens with one attached hydrogen (secondary N) is 2. The molecule has 2 rings (SSSR count). The molecule has 130 valence electrons. The van der Waals surface area contributed by atoms with E-state index in [0.717, 1.165) is 4.90 Å². The summed E-state index contributed by atoms with van der Waals surface area (Å²) in [6.07, 6.45) is 0. The first-order valence-corrected chi connectivity index (χ1v) is 8.46. The molecule has 0 unspecified atom stereocenters. The van der Waals surface area contributed by atoms with Crippen molar-refractivity contribution >= 4 is 52.2 Å². The Labute approximate surface area is 152 Å². The number of rotatable bonds is 6. The Kier molecular flexibility index (Phi) is 6.37. The number of hydrogen-bond acceptors (Lipinski definition) is 5. The minimum atomic E-state index is -0.602. The van der Waals surface area contributed by atoms with Gasteiger partial charge in [-0.15, -0.1) is 11.8 Å². The molecule has 2 aromatic carbocycles. The van der Waals surface area contributed by atoms with Crippen LogP contribution < -0.4 is 10.6 Å². The molecular weight excluding hydrogens is 366 g/mol. The van der Waals surface area contributed by atoms with E-state index in [1.54, 1.807) is 24.3 Å². The fourth-order valence-electron chi connectivity index (χ4n) is 1.93. The van der Waals surface area contributed by atoms with Crippen molar-refractivity contribution in [3.63, 3.8) is 0 Å². The van der Waals surface area contributed by atoms with Crippen molar-refractivity contribution in [2.75, 3.05) is 16.4 Å². The fraction of sp³-hybridized carbons (Fsp3) is 0.125. The third-order valence-corrected chi connectivity index (χ3v) is 4.22. The fourth-order valence-corrected chi connectivity index (χ4v) is 2.80. The van der Waals surface area contributed by atoms with Crippen LogP contribution in [0.25, 0.3) is 0 Å². The predicted octanol–water partition coefficient (Wildman–Crippen LogP) is 3.94. The lowest BCUT2D eigenvalue weighted by Crippen LogP contribution is -2.15. The van der Waals surface area contributed by atoms with Crippen LogP contribution in [-0.2, 0) is 9.59 Å². The average molecular weight is 380 g/mol. The summed E-state index contributed by atoms with van der Waals surface area (Å²) in [6.45, 7) is 1.42. The molecular formula is C16H14ClN3O4S. The summed E-state index contributed by atoms with van der Waals surface area (Å²) >= 11 is 7.01. The van der Waals surface area contributed by atoms with E-state index in [4.69, 9.17) is 11.6 Å². The Morgan fingerprint density at radius 2 is 1.84 bits per heavy atom. The number of carbonyl (C=O) groups excluding carboxylic acids is 2. The summed E-state index contributed by atoms with van der Waals surface area (Å²) in [7, 11) is 0. The van der Waals surface area contributed by atoms with Gasteiger partial charge in [-0.05, 0) is 36.4 Å². The number of hydrogen-bond donors (Lipinski definition) is 2. The monoisotopic (exact) mass is 379 g/mol. The number of halogens is 1. The standard InChI is InChI=1S/C16H14ClN3O4S/c1-10(21)18-12-3-5-13(6-4-12)25-9-16(22)19-14-7-2-11(17)8-15(14)20(23)24/h2-8H,9H2,1H3,(H,18,21)(H,19,22). The summed E-state index contributed by atoms with van der Waals surface area (Å²) in [5.41, 5.74) is 0.504. The zero-order valence-corrected chi connectivity index (χ0v) is 14.7. The Bertz CT molecular complexity index is 812. The summed E-state index contributed by atoms with van der Waals surface area (Å²) in [5, 5.41) is 16.4. The van der Waals surface area contributed by atoms with E-state index in [2.05, 4.69) is 10.6 Å². The van der Waals surface area contributed by atoms with E-state index in [1.807, 2.05) is 0 Å². The van der Waals surface area contributed by atoms with Crippen molar-refractivity contribution in [2.24, 2.45) is 0 Å². The molecule has 0 saturated carbocycles. The van der Waals surface area contributed by atoms with E-state index in [9.17, 15) is 19.7 Å². The highest BCUT2D eigenvalue weighted by Crippen LogP contribution is 2.28. The van der Waals surface area contributed by atoms with Crippen molar-refractivity contribution in [3.8, 4) is 0 Å². The second-order valence-electron chi connectivity index (χ2n) is 4.96. The highest BCUT2D eigenvalue weighted by atomic mass is 35.5. The summed E-state index contributed by atoms with van der Waals surface area (Å²) in [5.74, 6) is -0.454. The third-order valence-electron chi connectivity index (χ3n) is 2.98. The first-order valence-electron chi connectivity index (χ1n) is 7.09. The Morgan fingerprint density at radius 3 is 2.44 bits per heavy atom. The van der Waals surface area contributed by atoms with Gasteiger partial charge in [0.2, 0.25) is 11.8 Å². The molecule has 0 fully saturated rings. The second kappa shape index (κ2) is 8.50. The van der Waals surface area contributed by atoms with Crippen LogP contribution in [-0.4, -0.2) is 22.5 Å². The molecule has 0 aromatic heterocycles. The molecule has 2 amide bonds. The molecule has 0 atom stereocenters. The predicted molar refractivity (Wildman–Crippen MR) is 98.2 cm³/mol. The smallest absolute Gasteiger partial charge is 0.294 e. The van der Waals surface area contributed by atoms with E-state index in [-0.39, 0.29) is 34.0 Å². The number of nitrogens with zero attached hydrogens (tertiary/aromatic N) is 1. The molecule has 7 nitrogen and oxygen atoms in total. The summed E-state index contributed by atoms with van der Waals surface area (Å²) in [4.78, 5) is 34.2. The van der Waals surface area contributed by atoms with Gasteiger partial charge >= 0.3 is 0 Å². The molecule has 0 aliphatic rings. The van der Waals surface area contributed by atoms with Crippen molar-refractivity contribution in [1.29, 1.82) is 0 Å². The maximum Gasteiger partial charge on any atom is 0.294 e. The molecule has 0 bridgehead atoms. The molecule has 9 heteroatoms. The molecule has 0 radical (unpaired) electrons. The van der Waals surface area contributed by atoms with Crippen LogP contribution in [0.3, 0.4) is 0 Å². The number of nitro benzene ring substituents is 1. The number of carbonyl (C=O) groups is 2. The highest BCUT2D eigenvalue weighted by molar-refractivity contribution is 8.00. The highest BCUT2D eigenvalue weighted by Gasteiger charge is 2.16. The first kappa shape index (κ1) is 18.8. The Hall–Kier alpha value is -2.58. The second-order valence-corrected chi connectivity index (χ2v) is 6.45. The number of anilines is 2. The van der Waals surface area contributed by atoms with Crippen LogP contribution in [0.2, 0.25) is 5.02 Å². The van der Waals surface area contributed by atoms with Crippen LogP contribution in [0.4, 0.5) is 17.1 Å². The van der Waals surface area contributed by atoms with Crippen molar-refractivity contribution in [1.82, 2.24) is 0 Å². The normalized spacial score (nSPS) is 10.2.